The van der Waals surface area contributed by atoms with Gasteiger partial charge >= 0.3 is 6.11 Å². The van der Waals surface area contributed by atoms with Crippen molar-refractivity contribution in [3.05, 3.63) is 88.5 Å². The molecule has 0 saturated heterocycles. The van der Waals surface area contributed by atoms with Crippen LogP contribution < -0.4 is 4.74 Å². The molecule has 0 bridgehead atoms. The molecule has 0 heterocycles. The van der Waals surface area contributed by atoms with Crippen LogP contribution in [0.5, 0.6) is 5.75 Å². The first-order valence-electron chi connectivity index (χ1n) is 12.7. The zero-order chi connectivity index (χ0) is 26.3. The number of halogens is 6. The van der Waals surface area contributed by atoms with E-state index in [1.165, 1.54) is 37.7 Å². The molecule has 0 N–H and O–H groups in total. The molecular weight excluding hydrogens is 490 g/mol. The van der Waals surface area contributed by atoms with E-state index in [4.69, 9.17) is 0 Å². The Bertz CT molecular complexity index is 1230. The minimum atomic E-state index is -4.50. The molecule has 2 fully saturated rings. The molecule has 196 valence electrons. The lowest BCUT2D eigenvalue weighted by Gasteiger charge is -2.38. The fraction of sp³-hybridized carbons (Fsp3) is 0.400. The Morgan fingerprint density at radius 2 is 1.22 bits per heavy atom. The fourth-order valence-corrected chi connectivity index (χ4v) is 5.68. The van der Waals surface area contributed by atoms with Gasteiger partial charge in [-0.3, -0.25) is 0 Å². The predicted molar refractivity (Wildman–Crippen MR) is 129 cm³/mol. The molecule has 0 atom stereocenters. The lowest BCUT2D eigenvalue weighted by atomic mass is 9.67. The molecule has 3 aromatic rings. The first-order valence-corrected chi connectivity index (χ1v) is 12.7. The summed E-state index contributed by atoms with van der Waals surface area (Å²) in [5.74, 6) is -3.97. The molecule has 37 heavy (non-hydrogen) atoms. The molecule has 7 heteroatoms. The van der Waals surface area contributed by atoms with Crippen LogP contribution in [-0.2, 0) is 6.11 Å². The van der Waals surface area contributed by atoms with Crippen molar-refractivity contribution in [1.82, 2.24) is 0 Å². The molecule has 2 aliphatic carbocycles. The molecule has 0 unspecified atom stereocenters. The summed E-state index contributed by atoms with van der Waals surface area (Å²) in [4.78, 5) is 0. The highest BCUT2D eigenvalue weighted by Crippen LogP contribution is 2.45. The van der Waals surface area contributed by atoms with Gasteiger partial charge in [0.25, 0.3) is 0 Å². The Labute approximate surface area is 212 Å². The average molecular weight is 519 g/mol. The van der Waals surface area contributed by atoms with Crippen molar-refractivity contribution in [3.63, 3.8) is 0 Å². The van der Waals surface area contributed by atoms with Crippen LogP contribution in [0.4, 0.5) is 26.3 Å². The van der Waals surface area contributed by atoms with E-state index >= 15 is 0 Å². The predicted octanol–water partition coefficient (Wildman–Crippen LogP) is 9.42. The third-order valence-electron chi connectivity index (χ3n) is 8.14. The summed E-state index contributed by atoms with van der Waals surface area (Å²) in [6, 6.07) is 10.1. The molecule has 0 aromatic heterocycles. The fourth-order valence-electron chi connectivity index (χ4n) is 5.68. The number of alkyl halides is 2. The van der Waals surface area contributed by atoms with Crippen molar-refractivity contribution in [2.45, 2.75) is 63.9 Å². The minimum Gasteiger partial charge on any atom is -0.429 e. The monoisotopic (exact) mass is 518 g/mol. The van der Waals surface area contributed by atoms with Gasteiger partial charge in [0.2, 0.25) is 0 Å². The number of hydrogen-bond acceptors (Lipinski definition) is 1. The maximum atomic E-state index is 14.8. The van der Waals surface area contributed by atoms with E-state index in [9.17, 15) is 26.3 Å². The zero-order valence-corrected chi connectivity index (χ0v) is 20.5. The SMILES string of the molecule is Cc1c(F)cc(OC(F)(F)c2c(F)cc(-c3ccc(C4CCC(C5CCC5)CC4)cc3)cc2F)cc1F. The van der Waals surface area contributed by atoms with Crippen LogP contribution in [0.3, 0.4) is 0 Å². The minimum absolute atomic E-state index is 0.0993. The Kier molecular flexibility index (Phi) is 6.99. The van der Waals surface area contributed by atoms with Gasteiger partial charge in [0, 0.05) is 17.7 Å². The maximum Gasteiger partial charge on any atom is 0.432 e. The van der Waals surface area contributed by atoms with Crippen LogP contribution in [0.25, 0.3) is 11.1 Å². The standard InChI is InChI=1S/C30H28F6O/c1-17-25(31)15-24(16-26(17)32)37-30(35,36)29-27(33)13-23(14-28(29)34)22-11-9-21(10-12-22)20-7-5-19(6-8-20)18-3-2-4-18/h9-16,18-20H,2-8H2,1H3. The number of benzene rings is 3. The van der Waals surface area contributed by atoms with Crippen LogP contribution in [0.2, 0.25) is 0 Å². The van der Waals surface area contributed by atoms with Gasteiger partial charge in [0.1, 0.15) is 34.6 Å². The lowest BCUT2D eigenvalue weighted by molar-refractivity contribution is -0.189. The second-order valence-corrected chi connectivity index (χ2v) is 10.4. The number of ether oxygens (including phenoxy) is 1. The summed E-state index contributed by atoms with van der Waals surface area (Å²) < 4.78 is 90.7. The van der Waals surface area contributed by atoms with Crippen LogP contribution in [-0.4, -0.2) is 0 Å². The molecule has 0 radical (unpaired) electrons. The van der Waals surface area contributed by atoms with E-state index in [0.29, 0.717) is 23.6 Å². The summed E-state index contributed by atoms with van der Waals surface area (Å²) in [5, 5.41) is 0. The molecule has 1 nitrogen and oxygen atoms in total. The van der Waals surface area contributed by atoms with E-state index < -0.39 is 40.7 Å². The van der Waals surface area contributed by atoms with Crippen LogP contribution >= 0.6 is 0 Å². The number of hydrogen-bond donors (Lipinski definition) is 0. The Hall–Kier alpha value is -2.96. The molecule has 3 aromatic carbocycles. The van der Waals surface area contributed by atoms with E-state index in [-0.39, 0.29) is 11.1 Å². The van der Waals surface area contributed by atoms with Gasteiger partial charge in [0.15, 0.2) is 0 Å². The van der Waals surface area contributed by atoms with Gasteiger partial charge < -0.3 is 4.74 Å². The number of rotatable bonds is 6. The quantitative estimate of drug-likeness (QED) is 0.295. The highest BCUT2D eigenvalue weighted by atomic mass is 19.3. The van der Waals surface area contributed by atoms with E-state index in [2.05, 4.69) is 4.74 Å². The highest BCUT2D eigenvalue weighted by Gasteiger charge is 2.41. The van der Waals surface area contributed by atoms with E-state index in [0.717, 1.165) is 43.7 Å². The second-order valence-electron chi connectivity index (χ2n) is 10.4. The maximum absolute atomic E-state index is 14.8. The lowest BCUT2D eigenvalue weighted by Crippen LogP contribution is -2.25. The van der Waals surface area contributed by atoms with Gasteiger partial charge in [-0.2, -0.15) is 8.78 Å². The normalized spacial score (nSPS) is 20.5. The summed E-state index contributed by atoms with van der Waals surface area (Å²) in [6.07, 6.45) is 4.29. The van der Waals surface area contributed by atoms with Crippen LogP contribution in [0, 0.1) is 42.0 Å². The van der Waals surface area contributed by atoms with Crippen molar-refractivity contribution < 1.29 is 31.1 Å². The molecule has 0 amide bonds. The third-order valence-corrected chi connectivity index (χ3v) is 8.14. The molecular formula is C30H28F6O. The Morgan fingerprint density at radius 1 is 0.676 bits per heavy atom. The van der Waals surface area contributed by atoms with Crippen LogP contribution in [0.15, 0.2) is 48.5 Å². The third kappa shape index (κ3) is 5.23. The molecule has 2 saturated carbocycles. The van der Waals surface area contributed by atoms with Crippen molar-refractivity contribution in [2.24, 2.45) is 11.8 Å². The van der Waals surface area contributed by atoms with Crippen molar-refractivity contribution in [2.75, 3.05) is 0 Å². The average Bonchev–Trinajstić information content (AvgIpc) is 2.81. The summed E-state index contributed by atoms with van der Waals surface area (Å²) in [7, 11) is 0. The van der Waals surface area contributed by atoms with Crippen molar-refractivity contribution in [3.8, 4) is 16.9 Å². The first kappa shape index (κ1) is 25.7. The summed E-state index contributed by atoms with van der Waals surface area (Å²) in [6.45, 7) is 1.12. The highest BCUT2D eigenvalue weighted by molar-refractivity contribution is 5.64. The molecule has 2 aliphatic rings. The van der Waals surface area contributed by atoms with E-state index in [1.54, 1.807) is 12.1 Å². The first-order chi connectivity index (χ1) is 17.6. The molecule has 5 rings (SSSR count). The Balaban J connectivity index is 1.31. The van der Waals surface area contributed by atoms with Gasteiger partial charge in [-0.25, -0.2) is 17.6 Å². The second kappa shape index (κ2) is 10.1. The smallest absolute Gasteiger partial charge is 0.429 e. The Morgan fingerprint density at radius 3 is 1.73 bits per heavy atom. The van der Waals surface area contributed by atoms with Gasteiger partial charge in [-0.15, -0.1) is 0 Å². The van der Waals surface area contributed by atoms with Crippen LogP contribution in [0.1, 0.15) is 67.6 Å². The van der Waals surface area contributed by atoms with Gasteiger partial charge in [0.05, 0.1) is 0 Å². The van der Waals surface area contributed by atoms with Gasteiger partial charge in [-0.05, 0) is 79.2 Å². The van der Waals surface area contributed by atoms with Crippen molar-refractivity contribution in [1.29, 1.82) is 0 Å². The van der Waals surface area contributed by atoms with Crippen molar-refractivity contribution >= 4 is 0 Å². The topological polar surface area (TPSA) is 9.23 Å². The summed E-state index contributed by atoms with van der Waals surface area (Å²) in [5.41, 5.74) is -0.251. The summed E-state index contributed by atoms with van der Waals surface area (Å²) >= 11 is 0. The largest absolute Gasteiger partial charge is 0.432 e. The molecule has 0 spiro atoms. The van der Waals surface area contributed by atoms with Gasteiger partial charge in [-0.1, -0.05) is 43.5 Å². The zero-order valence-electron chi connectivity index (χ0n) is 20.5. The van der Waals surface area contributed by atoms with E-state index in [1.807, 2.05) is 12.1 Å². The molecule has 0 aliphatic heterocycles.